The maximum absolute atomic E-state index is 13.0. The molecule has 3 rings (SSSR count). The summed E-state index contributed by atoms with van der Waals surface area (Å²) in [6.07, 6.45) is 0. The van der Waals surface area contributed by atoms with Crippen molar-refractivity contribution in [3.8, 4) is 0 Å². The maximum atomic E-state index is 13.0. The number of carbonyl (C=O) groups excluding carboxylic acids is 2. The highest BCUT2D eigenvalue weighted by Crippen LogP contribution is 2.41. The number of hydrogen-bond acceptors (Lipinski definition) is 3. The standard InChI is InChI=1S/C18H17BrClN3O3/c1-10(2)21-16(24)18(26)14-9-11(19)3-8-15(14)22-17(25)23(18)13-6-4-12(20)5-7-13/h3-10,26H,1-2H3,(H,21,24)(H,22,25)/t18-/m0/s1. The second-order valence-electron chi connectivity index (χ2n) is 6.23. The SMILES string of the molecule is CC(C)NC(=O)[C@@]1(O)c2cc(Br)ccc2NC(=O)N1c1ccc(Cl)cc1. The molecule has 0 fully saturated rings. The molecule has 136 valence electrons. The lowest BCUT2D eigenvalue weighted by molar-refractivity contribution is -0.140. The number of benzene rings is 2. The van der Waals surface area contributed by atoms with Gasteiger partial charge >= 0.3 is 6.03 Å². The average Bonchev–Trinajstić information content (AvgIpc) is 2.57. The minimum absolute atomic E-state index is 0.223. The zero-order valence-electron chi connectivity index (χ0n) is 14.1. The van der Waals surface area contributed by atoms with Crippen LogP contribution in [0.1, 0.15) is 19.4 Å². The van der Waals surface area contributed by atoms with Crippen molar-refractivity contribution < 1.29 is 14.7 Å². The molecule has 0 bridgehead atoms. The van der Waals surface area contributed by atoms with Gasteiger partial charge in [-0.25, -0.2) is 4.79 Å². The van der Waals surface area contributed by atoms with E-state index in [0.29, 0.717) is 20.9 Å². The monoisotopic (exact) mass is 437 g/mol. The van der Waals surface area contributed by atoms with E-state index in [1.165, 1.54) is 0 Å². The Morgan fingerprint density at radius 1 is 1.27 bits per heavy atom. The molecule has 0 aliphatic carbocycles. The molecule has 2 aromatic rings. The van der Waals surface area contributed by atoms with Crippen LogP contribution in [-0.4, -0.2) is 23.1 Å². The first-order valence-corrected chi connectivity index (χ1v) is 9.10. The predicted octanol–water partition coefficient (Wildman–Crippen LogP) is 3.82. The quantitative estimate of drug-likeness (QED) is 0.681. The molecule has 26 heavy (non-hydrogen) atoms. The van der Waals surface area contributed by atoms with Crippen LogP contribution in [0.5, 0.6) is 0 Å². The molecule has 3 N–H and O–H groups in total. The van der Waals surface area contributed by atoms with Crippen LogP contribution in [0.15, 0.2) is 46.9 Å². The molecule has 6 nitrogen and oxygen atoms in total. The first-order chi connectivity index (χ1) is 12.2. The van der Waals surface area contributed by atoms with Crippen LogP contribution in [-0.2, 0) is 10.5 Å². The van der Waals surface area contributed by atoms with E-state index >= 15 is 0 Å². The number of aliphatic hydroxyl groups is 1. The normalized spacial score (nSPS) is 19.2. The molecule has 0 aromatic heterocycles. The molecule has 3 amide bonds. The lowest BCUT2D eigenvalue weighted by atomic mass is 9.94. The van der Waals surface area contributed by atoms with Crippen molar-refractivity contribution >= 4 is 50.8 Å². The van der Waals surface area contributed by atoms with Crippen LogP contribution in [0, 0.1) is 0 Å². The Kier molecular flexibility index (Phi) is 4.96. The molecule has 0 spiro atoms. The topological polar surface area (TPSA) is 81.7 Å². The fourth-order valence-electron chi connectivity index (χ4n) is 2.83. The van der Waals surface area contributed by atoms with Gasteiger partial charge in [-0.3, -0.25) is 9.69 Å². The molecule has 1 aliphatic heterocycles. The number of hydrogen-bond donors (Lipinski definition) is 3. The lowest BCUT2D eigenvalue weighted by Crippen LogP contribution is -2.63. The van der Waals surface area contributed by atoms with E-state index in [4.69, 9.17) is 11.6 Å². The molecule has 2 aromatic carbocycles. The van der Waals surface area contributed by atoms with Gasteiger partial charge in [0.05, 0.1) is 5.69 Å². The van der Waals surface area contributed by atoms with Crippen LogP contribution in [0.25, 0.3) is 0 Å². The third-order valence-electron chi connectivity index (χ3n) is 3.95. The van der Waals surface area contributed by atoms with Crippen LogP contribution in [0.2, 0.25) is 5.02 Å². The summed E-state index contributed by atoms with van der Waals surface area (Å²) < 4.78 is 0.666. The lowest BCUT2D eigenvalue weighted by Gasteiger charge is -2.43. The molecule has 1 heterocycles. The third-order valence-corrected chi connectivity index (χ3v) is 4.69. The van der Waals surface area contributed by atoms with Crippen LogP contribution in [0.3, 0.4) is 0 Å². The van der Waals surface area contributed by atoms with Crippen molar-refractivity contribution in [2.75, 3.05) is 10.2 Å². The summed E-state index contributed by atoms with van der Waals surface area (Å²) in [5.74, 6) is -0.698. The zero-order valence-corrected chi connectivity index (χ0v) is 16.4. The minimum atomic E-state index is -2.22. The van der Waals surface area contributed by atoms with Crippen LogP contribution < -0.4 is 15.5 Å². The molecular formula is C18H17BrClN3O3. The average molecular weight is 439 g/mol. The Hall–Kier alpha value is -2.09. The van der Waals surface area contributed by atoms with Crippen molar-refractivity contribution in [3.05, 3.63) is 57.5 Å². The van der Waals surface area contributed by atoms with Crippen LogP contribution >= 0.6 is 27.5 Å². The van der Waals surface area contributed by atoms with Gasteiger partial charge in [-0.15, -0.1) is 0 Å². The van der Waals surface area contributed by atoms with Gasteiger partial charge < -0.3 is 15.7 Å². The van der Waals surface area contributed by atoms with E-state index in [0.717, 1.165) is 4.90 Å². The fourth-order valence-corrected chi connectivity index (χ4v) is 3.32. The molecule has 0 saturated carbocycles. The number of amides is 3. The second kappa shape index (κ2) is 6.90. The van der Waals surface area contributed by atoms with Crippen molar-refractivity contribution in [1.82, 2.24) is 5.32 Å². The van der Waals surface area contributed by atoms with Crippen molar-refractivity contribution in [1.29, 1.82) is 0 Å². The first-order valence-electron chi connectivity index (χ1n) is 7.93. The Morgan fingerprint density at radius 3 is 2.54 bits per heavy atom. The Bertz CT molecular complexity index is 872. The van der Waals surface area contributed by atoms with Crippen molar-refractivity contribution in [2.45, 2.75) is 25.6 Å². The smallest absolute Gasteiger partial charge is 0.329 e. The molecule has 1 aliphatic rings. The van der Waals surface area contributed by atoms with Crippen molar-refractivity contribution in [3.63, 3.8) is 0 Å². The highest BCUT2D eigenvalue weighted by atomic mass is 79.9. The Labute approximate surface area is 164 Å². The number of fused-ring (bicyclic) bond motifs is 1. The van der Waals surface area contributed by atoms with Gasteiger partial charge in [0.2, 0.25) is 0 Å². The van der Waals surface area contributed by atoms with E-state index in [1.54, 1.807) is 56.3 Å². The fraction of sp³-hybridized carbons (Fsp3) is 0.222. The van der Waals surface area contributed by atoms with Gasteiger partial charge in [-0.05, 0) is 56.3 Å². The van der Waals surface area contributed by atoms with E-state index in [9.17, 15) is 14.7 Å². The molecular weight excluding hydrogens is 422 g/mol. The summed E-state index contributed by atoms with van der Waals surface area (Å²) in [4.78, 5) is 26.8. The zero-order chi connectivity index (χ0) is 19.1. The highest BCUT2D eigenvalue weighted by Gasteiger charge is 2.52. The number of carbonyl (C=O) groups is 2. The number of halogens is 2. The molecule has 0 saturated heterocycles. The molecule has 1 atom stereocenters. The van der Waals surface area contributed by atoms with Crippen molar-refractivity contribution in [2.24, 2.45) is 0 Å². The maximum Gasteiger partial charge on any atom is 0.329 e. The summed E-state index contributed by atoms with van der Waals surface area (Å²) in [5, 5.41) is 17.4. The number of urea groups is 1. The number of nitrogens with zero attached hydrogens (tertiary/aromatic N) is 1. The van der Waals surface area contributed by atoms with Gasteiger partial charge in [-0.2, -0.15) is 0 Å². The number of rotatable bonds is 3. The third kappa shape index (κ3) is 3.18. The predicted molar refractivity (Wildman–Crippen MR) is 104 cm³/mol. The van der Waals surface area contributed by atoms with E-state index in [2.05, 4.69) is 26.6 Å². The summed E-state index contributed by atoms with van der Waals surface area (Å²) >= 11 is 9.28. The molecule has 8 heteroatoms. The van der Waals surface area contributed by atoms with Gasteiger partial charge in [0.1, 0.15) is 0 Å². The molecule has 0 radical (unpaired) electrons. The van der Waals surface area contributed by atoms with E-state index in [-0.39, 0.29) is 11.6 Å². The summed E-state index contributed by atoms with van der Waals surface area (Å²) in [7, 11) is 0. The summed E-state index contributed by atoms with van der Waals surface area (Å²) in [6.45, 7) is 3.55. The Balaban J connectivity index is 2.22. The highest BCUT2D eigenvalue weighted by molar-refractivity contribution is 9.10. The second-order valence-corrected chi connectivity index (χ2v) is 7.58. The van der Waals surface area contributed by atoms with Gasteiger partial charge in [0.15, 0.2) is 0 Å². The molecule has 0 unspecified atom stereocenters. The van der Waals surface area contributed by atoms with Crippen LogP contribution in [0.4, 0.5) is 16.2 Å². The minimum Gasteiger partial charge on any atom is -0.359 e. The van der Waals surface area contributed by atoms with Gasteiger partial charge in [0, 0.05) is 26.8 Å². The summed E-state index contributed by atoms with van der Waals surface area (Å²) in [5.41, 5.74) is -1.26. The van der Waals surface area contributed by atoms with E-state index in [1.807, 2.05) is 0 Å². The summed E-state index contributed by atoms with van der Waals surface area (Å²) in [6, 6.07) is 10.4. The van der Waals surface area contributed by atoms with E-state index < -0.39 is 17.7 Å². The number of nitrogens with one attached hydrogen (secondary N) is 2. The first kappa shape index (κ1) is 18.7. The van der Waals surface area contributed by atoms with Gasteiger partial charge in [0.25, 0.3) is 11.6 Å². The Morgan fingerprint density at radius 2 is 1.92 bits per heavy atom. The largest absolute Gasteiger partial charge is 0.359 e. The number of anilines is 2. The van der Waals surface area contributed by atoms with Gasteiger partial charge in [-0.1, -0.05) is 27.5 Å².